The van der Waals surface area contributed by atoms with Gasteiger partial charge < -0.3 is 0 Å². The minimum Gasteiger partial charge on any atom is -0.0654 e. The highest BCUT2D eigenvalue weighted by Gasteiger charge is 2.29. The maximum absolute atomic E-state index is 2.50. The topological polar surface area (TPSA) is 0 Å². The molecule has 0 aromatic carbocycles. The van der Waals surface area contributed by atoms with Gasteiger partial charge >= 0.3 is 0 Å². The van der Waals surface area contributed by atoms with Crippen molar-refractivity contribution in [1.82, 2.24) is 0 Å². The summed E-state index contributed by atoms with van der Waals surface area (Å²) in [5.41, 5.74) is 0. The molecule has 0 amide bonds. The average molecular weight is 238 g/mol. The van der Waals surface area contributed by atoms with Gasteiger partial charge in [0.25, 0.3) is 0 Å². The highest BCUT2D eigenvalue weighted by Crippen LogP contribution is 2.41. The minimum atomic E-state index is 1.04. The summed E-state index contributed by atoms with van der Waals surface area (Å²) >= 11 is 0. The van der Waals surface area contributed by atoms with Crippen molar-refractivity contribution in [3.8, 4) is 0 Å². The van der Waals surface area contributed by atoms with Crippen molar-refractivity contribution >= 4 is 0 Å². The second-order valence-corrected chi connectivity index (χ2v) is 6.32. The van der Waals surface area contributed by atoms with E-state index in [0.717, 1.165) is 17.8 Å². The standard InChI is InChI=1S/C13H24.C4H10/c1-11-7-5-6-10-13(11)12-8-3-2-4-9-12;1-3-4-2/h11-13H,2-10H2,1H3;3-4H2,1-2H3. The molecular formula is C17H34. The molecule has 2 saturated carbocycles. The molecule has 0 bridgehead atoms. The van der Waals surface area contributed by atoms with Crippen LogP contribution in [0.2, 0.25) is 0 Å². The molecule has 0 nitrogen and oxygen atoms in total. The summed E-state index contributed by atoms with van der Waals surface area (Å²) in [6.45, 7) is 6.86. The van der Waals surface area contributed by atoms with Crippen LogP contribution in [0.4, 0.5) is 0 Å². The van der Waals surface area contributed by atoms with Crippen molar-refractivity contribution in [2.45, 2.75) is 91.4 Å². The van der Waals surface area contributed by atoms with Crippen LogP contribution in [0.3, 0.4) is 0 Å². The molecule has 0 aliphatic heterocycles. The molecule has 17 heavy (non-hydrogen) atoms. The van der Waals surface area contributed by atoms with Crippen LogP contribution in [-0.2, 0) is 0 Å². The van der Waals surface area contributed by atoms with Crippen molar-refractivity contribution in [3.05, 3.63) is 0 Å². The van der Waals surface area contributed by atoms with Gasteiger partial charge in [-0.2, -0.15) is 0 Å². The van der Waals surface area contributed by atoms with Gasteiger partial charge in [0.05, 0.1) is 0 Å². The van der Waals surface area contributed by atoms with Crippen molar-refractivity contribution in [2.75, 3.05) is 0 Å². The van der Waals surface area contributed by atoms with E-state index < -0.39 is 0 Å². The zero-order valence-electron chi connectivity index (χ0n) is 12.5. The number of rotatable bonds is 2. The Labute approximate surface area is 110 Å². The Bertz CT molecular complexity index is 165. The van der Waals surface area contributed by atoms with Gasteiger partial charge in [0.15, 0.2) is 0 Å². The van der Waals surface area contributed by atoms with Gasteiger partial charge in [0.1, 0.15) is 0 Å². The van der Waals surface area contributed by atoms with Crippen LogP contribution < -0.4 is 0 Å². The maximum Gasteiger partial charge on any atom is -0.0360 e. The first-order valence-corrected chi connectivity index (χ1v) is 8.29. The summed E-state index contributed by atoms with van der Waals surface area (Å²) in [6.07, 6.45) is 16.4. The molecule has 0 radical (unpaired) electrons. The summed E-state index contributed by atoms with van der Waals surface area (Å²) in [5, 5.41) is 0. The predicted octanol–water partition coefficient (Wildman–Crippen LogP) is 6.20. The van der Waals surface area contributed by atoms with Gasteiger partial charge in [-0.3, -0.25) is 0 Å². The molecule has 2 atom stereocenters. The van der Waals surface area contributed by atoms with E-state index in [4.69, 9.17) is 0 Å². The minimum absolute atomic E-state index is 1.04. The highest BCUT2D eigenvalue weighted by atomic mass is 14.3. The Hall–Kier alpha value is 0. The zero-order valence-corrected chi connectivity index (χ0v) is 12.5. The average Bonchev–Trinajstić information content (AvgIpc) is 2.41. The number of unbranched alkanes of at least 4 members (excludes halogenated alkanes) is 1. The summed E-state index contributed by atoms with van der Waals surface area (Å²) in [7, 11) is 0. The van der Waals surface area contributed by atoms with Gasteiger partial charge in [-0.1, -0.05) is 85.0 Å². The fourth-order valence-corrected chi connectivity index (χ4v) is 3.61. The van der Waals surface area contributed by atoms with Crippen molar-refractivity contribution in [3.63, 3.8) is 0 Å². The Morgan fingerprint density at radius 2 is 1.24 bits per heavy atom. The van der Waals surface area contributed by atoms with Crippen LogP contribution in [0.1, 0.15) is 91.4 Å². The van der Waals surface area contributed by atoms with Gasteiger partial charge in [0, 0.05) is 0 Å². The molecular weight excluding hydrogens is 204 g/mol. The van der Waals surface area contributed by atoms with Crippen LogP contribution in [0.25, 0.3) is 0 Å². The monoisotopic (exact) mass is 238 g/mol. The lowest BCUT2D eigenvalue weighted by Gasteiger charge is -2.37. The third kappa shape index (κ3) is 5.44. The van der Waals surface area contributed by atoms with E-state index in [2.05, 4.69) is 20.8 Å². The molecule has 0 spiro atoms. The SMILES string of the molecule is CC1CCCCC1C1CCCCC1.CCCC. The largest absolute Gasteiger partial charge is 0.0654 e. The molecule has 102 valence electrons. The van der Waals surface area contributed by atoms with Gasteiger partial charge in [-0.25, -0.2) is 0 Å². The lowest BCUT2D eigenvalue weighted by Crippen LogP contribution is -2.26. The molecule has 0 saturated heterocycles. The fourth-order valence-electron chi connectivity index (χ4n) is 3.61. The van der Waals surface area contributed by atoms with Crippen molar-refractivity contribution in [1.29, 1.82) is 0 Å². The van der Waals surface area contributed by atoms with Gasteiger partial charge in [0.2, 0.25) is 0 Å². The Kier molecular flexibility index (Phi) is 7.97. The number of hydrogen-bond acceptors (Lipinski definition) is 0. The first kappa shape index (κ1) is 15.1. The molecule has 2 fully saturated rings. The molecule has 2 aliphatic rings. The fraction of sp³-hybridized carbons (Fsp3) is 1.00. The summed E-state index contributed by atoms with van der Waals surface area (Å²) in [4.78, 5) is 0. The molecule has 0 heteroatoms. The summed E-state index contributed by atoms with van der Waals surface area (Å²) in [5.74, 6) is 3.26. The van der Waals surface area contributed by atoms with Gasteiger partial charge in [-0.15, -0.1) is 0 Å². The van der Waals surface area contributed by atoms with Crippen molar-refractivity contribution < 1.29 is 0 Å². The van der Waals surface area contributed by atoms with E-state index in [1.807, 2.05) is 0 Å². The second kappa shape index (κ2) is 9.00. The van der Waals surface area contributed by atoms with Crippen LogP contribution in [-0.4, -0.2) is 0 Å². The molecule has 0 aromatic rings. The first-order valence-electron chi connectivity index (χ1n) is 8.29. The molecule has 0 heterocycles. The second-order valence-electron chi connectivity index (χ2n) is 6.32. The third-order valence-electron chi connectivity index (χ3n) is 4.93. The molecule has 2 unspecified atom stereocenters. The van der Waals surface area contributed by atoms with Crippen molar-refractivity contribution in [2.24, 2.45) is 17.8 Å². The Morgan fingerprint density at radius 3 is 1.76 bits per heavy atom. The Balaban J connectivity index is 0.000000317. The smallest absolute Gasteiger partial charge is 0.0360 e. The summed E-state index contributed by atoms with van der Waals surface area (Å²) < 4.78 is 0. The lowest BCUT2D eigenvalue weighted by atomic mass is 9.69. The zero-order chi connectivity index (χ0) is 12.5. The molecule has 2 rings (SSSR count). The van der Waals surface area contributed by atoms with Crippen LogP contribution in [0.5, 0.6) is 0 Å². The van der Waals surface area contributed by atoms with E-state index in [-0.39, 0.29) is 0 Å². The molecule has 0 aromatic heterocycles. The lowest BCUT2D eigenvalue weighted by molar-refractivity contribution is 0.140. The first-order chi connectivity index (χ1) is 8.29. The highest BCUT2D eigenvalue weighted by molar-refractivity contribution is 4.80. The van der Waals surface area contributed by atoms with E-state index in [9.17, 15) is 0 Å². The third-order valence-corrected chi connectivity index (χ3v) is 4.93. The van der Waals surface area contributed by atoms with E-state index in [0.29, 0.717) is 0 Å². The predicted molar refractivity (Wildman–Crippen MR) is 78.3 cm³/mol. The summed E-state index contributed by atoms with van der Waals surface area (Å²) in [6, 6.07) is 0. The number of hydrogen-bond donors (Lipinski definition) is 0. The van der Waals surface area contributed by atoms with Crippen LogP contribution >= 0.6 is 0 Å². The molecule has 2 aliphatic carbocycles. The quantitative estimate of drug-likeness (QED) is 0.537. The molecule has 0 N–H and O–H groups in total. The normalized spacial score (nSPS) is 30.5. The van der Waals surface area contributed by atoms with E-state index in [1.165, 1.54) is 51.4 Å². The Morgan fingerprint density at radius 1 is 0.706 bits per heavy atom. The van der Waals surface area contributed by atoms with Crippen LogP contribution in [0, 0.1) is 17.8 Å². The maximum atomic E-state index is 2.50. The van der Waals surface area contributed by atoms with Gasteiger partial charge in [-0.05, 0) is 24.2 Å². The van der Waals surface area contributed by atoms with Crippen LogP contribution in [0.15, 0.2) is 0 Å². The van der Waals surface area contributed by atoms with E-state index in [1.54, 1.807) is 19.3 Å². The van der Waals surface area contributed by atoms with E-state index >= 15 is 0 Å².